The topological polar surface area (TPSA) is 114 Å². The Kier molecular flexibility index (Phi) is 4.02. The van der Waals surface area contributed by atoms with Crippen molar-refractivity contribution in [3.05, 3.63) is 20.8 Å². The van der Waals surface area contributed by atoms with Crippen LogP contribution in [0, 0.1) is 0 Å². The number of H-pyrrole nitrogens is 2. The van der Waals surface area contributed by atoms with Gasteiger partial charge < -0.3 is 15.3 Å². The standard InChI is InChI=1S/C9H17N5O3/c1-9(17,5-14(2)3)4-10-6-7(15)11-8(16)13-12-6/h17H,4-5H2,1-3H3,(H,10,12)(H2,11,13,15,16). The van der Waals surface area contributed by atoms with Crippen LogP contribution in [0.3, 0.4) is 0 Å². The minimum absolute atomic E-state index is 0.0244. The van der Waals surface area contributed by atoms with Crippen LogP contribution in [0.2, 0.25) is 0 Å². The quantitative estimate of drug-likeness (QED) is 0.484. The zero-order valence-electron chi connectivity index (χ0n) is 10.1. The summed E-state index contributed by atoms with van der Waals surface area (Å²) in [6.45, 7) is 2.22. The maximum atomic E-state index is 11.3. The predicted octanol–water partition coefficient (Wildman–Crippen LogP) is -1.82. The molecule has 0 fully saturated rings. The second-order valence-electron chi connectivity index (χ2n) is 4.44. The second-order valence-corrected chi connectivity index (χ2v) is 4.44. The van der Waals surface area contributed by atoms with Crippen molar-refractivity contribution in [2.75, 3.05) is 32.5 Å². The molecule has 0 bridgehead atoms. The van der Waals surface area contributed by atoms with Gasteiger partial charge in [0.25, 0.3) is 5.56 Å². The van der Waals surface area contributed by atoms with Crippen molar-refractivity contribution in [2.24, 2.45) is 0 Å². The highest BCUT2D eigenvalue weighted by molar-refractivity contribution is 5.29. The molecular formula is C9H17N5O3. The van der Waals surface area contributed by atoms with Crippen LogP contribution in [0.25, 0.3) is 0 Å². The lowest BCUT2D eigenvalue weighted by Crippen LogP contribution is -2.44. The van der Waals surface area contributed by atoms with Gasteiger partial charge in [0.2, 0.25) is 5.82 Å². The molecule has 1 unspecified atom stereocenters. The molecule has 0 amide bonds. The Bertz CT molecular complexity index is 476. The van der Waals surface area contributed by atoms with Gasteiger partial charge in [-0.2, -0.15) is 0 Å². The number of nitrogens with zero attached hydrogens (tertiary/aromatic N) is 2. The minimum Gasteiger partial charge on any atom is -0.387 e. The monoisotopic (exact) mass is 243 g/mol. The zero-order chi connectivity index (χ0) is 13.1. The normalized spacial score (nSPS) is 14.6. The van der Waals surface area contributed by atoms with Gasteiger partial charge in [-0.3, -0.25) is 9.78 Å². The summed E-state index contributed by atoms with van der Waals surface area (Å²) in [5.74, 6) is -0.0244. The number of nitrogens with one attached hydrogen (secondary N) is 3. The molecule has 0 spiro atoms. The maximum absolute atomic E-state index is 11.3. The number of aromatic amines is 2. The van der Waals surface area contributed by atoms with Gasteiger partial charge in [-0.1, -0.05) is 0 Å². The maximum Gasteiger partial charge on any atom is 0.342 e. The van der Waals surface area contributed by atoms with Gasteiger partial charge in [0.05, 0.1) is 5.60 Å². The molecule has 1 rings (SSSR count). The third-order valence-electron chi connectivity index (χ3n) is 2.00. The predicted molar refractivity (Wildman–Crippen MR) is 63.1 cm³/mol. The fourth-order valence-corrected chi connectivity index (χ4v) is 1.48. The number of hydrogen-bond acceptors (Lipinski definition) is 6. The van der Waals surface area contributed by atoms with E-state index in [1.165, 1.54) is 0 Å². The smallest absolute Gasteiger partial charge is 0.342 e. The summed E-state index contributed by atoms with van der Waals surface area (Å²) >= 11 is 0. The average Bonchev–Trinajstić information content (AvgIpc) is 2.14. The van der Waals surface area contributed by atoms with Gasteiger partial charge in [0.15, 0.2) is 0 Å². The number of rotatable bonds is 5. The summed E-state index contributed by atoms with van der Waals surface area (Å²) in [5.41, 5.74) is -2.29. The Morgan fingerprint density at radius 2 is 2.12 bits per heavy atom. The number of likely N-dealkylation sites (N-methyl/N-ethyl adjacent to an activating group) is 1. The summed E-state index contributed by atoms with van der Waals surface area (Å²) in [5, 5.41) is 18.3. The highest BCUT2D eigenvalue weighted by atomic mass is 16.3. The van der Waals surface area contributed by atoms with E-state index in [4.69, 9.17) is 0 Å². The Labute approximate surface area is 97.7 Å². The van der Waals surface area contributed by atoms with Crippen molar-refractivity contribution in [1.82, 2.24) is 20.1 Å². The number of anilines is 1. The lowest BCUT2D eigenvalue weighted by Gasteiger charge is -2.26. The van der Waals surface area contributed by atoms with E-state index in [2.05, 4.69) is 15.5 Å². The summed E-state index contributed by atoms with van der Waals surface area (Å²) in [4.78, 5) is 25.9. The highest BCUT2D eigenvalue weighted by Crippen LogP contribution is 2.04. The van der Waals surface area contributed by atoms with Gasteiger partial charge in [-0.15, -0.1) is 5.10 Å². The molecule has 0 aromatic carbocycles. The third kappa shape index (κ3) is 4.37. The fraction of sp³-hybridized carbons (Fsp3) is 0.667. The molecule has 0 saturated carbocycles. The van der Waals surface area contributed by atoms with Gasteiger partial charge in [-0.05, 0) is 21.0 Å². The van der Waals surface area contributed by atoms with E-state index >= 15 is 0 Å². The molecule has 0 saturated heterocycles. The van der Waals surface area contributed by atoms with E-state index in [1.54, 1.807) is 6.92 Å². The molecule has 8 heteroatoms. The van der Waals surface area contributed by atoms with E-state index in [0.29, 0.717) is 6.54 Å². The van der Waals surface area contributed by atoms with Crippen molar-refractivity contribution >= 4 is 5.82 Å². The molecule has 0 aliphatic carbocycles. The van der Waals surface area contributed by atoms with Gasteiger partial charge in [0, 0.05) is 13.1 Å². The molecule has 17 heavy (non-hydrogen) atoms. The van der Waals surface area contributed by atoms with Crippen molar-refractivity contribution < 1.29 is 5.11 Å². The lowest BCUT2D eigenvalue weighted by molar-refractivity contribution is 0.0458. The SMILES string of the molecule is CN(C)CC(C)(O)CNc1n[nH]c(=O)[nH]c1=O. The van der Waals surface area contributed by atoms with Crippen LogP contribution in [0.5, 0.6) is 0 Å². The minimum atomic E-state index is -1.01. The largest absolute Gasteiger partial charge is 0.387 e. The summed E-state index contributed by atoms with van der Waals surface area (Å²) in [7, 11) is 3.67. The van der Waals surface area contributed by atoms with Gasteiger partial charge in [-0.25, -0.2) is 9.89 Å². The number of hydrogen-bond donors (Lipinski definition) is 4. The van der Waals surface area contributed by atoms with Crippen molar-refractivity contribution in [3.8, 4) is 0 Å². The van der Waals surface area contributed by atoms with E-state index in [1.807, 2.05) is 24.0 Å². The van der Waals surface area contributed by atoms with Crippen LogP contribution in [0.4, 0.5) is 5.82 Å². The molecule has 0 radical (unpaired) electrons. The number of aliphatic hydroxyl groups is 1. The summed E-state index contributed by atoms with van der Waals surface area (Å²) in [6, 6.07) is 0. The summed E-state index contributed by atoms with van der Waals surface area (Å²) < 4.78 is 0. The van der Waals surface area contributed by atoms with Crippen molar-refractivity contribution in [2.45, 2.75) is 12.5 Å². The lowest BCUT2D eigenvalue weighted by atomic mass is 10.1. The fourth-order valence-electron chi connectivity index (χ4n) is 1.48. The van der Waals surface area contributed by atoms with E-state index in [9.17, 15) is 14.7 Å². The first-order valence-corrected chi connectivity index (χ1v) is 5.10. The van der Waals surface area contributed by atoms with Crippen LogP contribution < -0.4 is 16.6 Å². The van der Waals surface area contributed by atoms with Crippen LogP contribution in [0.1, 0.15) is 6.92 Å². The summed E-state index contributed by atoms with van der Waals surface area (Å²) in [6.07, 6.45) is 0. The zero-order valence-corrected chi connectivity index (χ0v) is 10.1. The molecule has 4 N–H and O–H groups in total. The van der Waals surface area contributed by atoms with Crippen molar-refractivity contribution in [1.29, 1.82) is 0 Å². The first-order valence-electron chi connectivity index (χ1n) is 5.10. The van der Waals surface area contributed by atoms with Crippen LogP contribution in [-0.2, 0) is 0 Å². The molecular weight excluding hydrogens is 226 g/mol. The molecule has 8 nitrogen and oxygen atoms in total. The highest BCUT2D eigenvalue weighted by Gasteiger charge is 2.21. The molecule has 0 aliphatic rings. The van der Waals surface area contributed by atoms with Crippen LogP contribution >= 0.6 is 0 Å². The molecule has 1 aromatic heterocycles. The molecule has 1 heterocycles. The molecule has 1 aromatic rings. The van der Waals surface area contributed by atoms with E-state index < -0.39 is 16.9 Å². The molecule has 1 atom stereocenters. The molecule has 96 valence electrons. The molecule has 0 aliphatic heterocycles. The van der Waals surface area contributed by atoms with E-state index in [-0.39, 0.29) is 12.4 Å². The Hall–Kier alpha value is -1.67. The van der Waals surface area contributed by atoms with Crippen LogP contribution in [-0.4, -0.2) is 58.0 Å². The first kappa shape index (κ1) is 13.4. The Morgan fingerprint density at radius 1 is 1.47 bits per heavy atom. The van der Waals surface area contributed by atoms with Crippen molar-refractivity contribution in [3.63, 3.8) is 0 Å². The average molecular weight is 243 g/mol. The first-order chi connectivity index (χ1) is 7.80. The third-order valence-corrected chi connectivity index (χ3v) is 2.00. The van der Waals surface area contributed by atoms with E-state index in [0.717, 1.165) is 0 Å². The Balaban J connectivity index is 2.67. The van der Waals surface area contributed by atoms with Gasteiger partial charge >= 0.3 is 5.69 Å². The second kappa shape index (κ2) is 5.11. The van der Waals surface area contributed by atoms with Crippen LogP contribution in [0.15, 0.2) is 9.59 Å². The van der Waals surface area contributed by atoms with Gasteiger partial charge in [0.1, 0.15) is 0 Å². The number of aromatic nitrogens is 3. The Morgan fingerprint density at radius 3 is 2.65 bits per heavy atom.